The molecule has 0 saturated heterocycles. The van der Waals surface area contributed by atoms with Gasteiger partial charge in [0.25, 0.3) is 0 Å². The van der Waals surface area contributed by atoms with Gasteiger partial charge in [-0.25, -0.2) is 14.6 Å². The van der Waals surface area contributed by atoms with Crippen LogP contribution in [-0.2, 0) is 0 Å². The van der Waals surface area contributed by atoms with Crippen molar-refractivity contribution in [3.05, 3.63) is 29.1 Å². The number of carbonyl (C=O) groups excluding carboxylic acids is 1. The van der Waals surface area contributed by atoms with E-state index < -0.39 is 11.8 Å². The molecule has 0 aliphatic heterocycles. The van der Waals surface area contributed by atoms with Gasteiger partial charge in [0.2, 0.25) is 5.82 Å². The predicted molar refractivity (Wildman–Crippen MR) is 65.5 cm³/mol. The molecule has 1 amide bonds. The van der Waals surface area contributed by atoms with E-state index in [-0.39, 0.29) is 5.82 Å². The number of hydrogen-bond acceptors (Lipinski definition) is 6. The Kier molecular flexibility index (Phi) is 3.69. The highest BCUT2D eigenvalue weighted by Gasteiger charge is 2.23. The molecule has 2 aromatic rings. The summed E-state index contributed by atoms with van der Waals surface area (Å²) in [6.45, 7) is 4.60. The standard InChI is InChI=1S/C11H13N5O3/c1-3-15(4-2)10(17)16-9(14-19-11(16)18)8-7-12-5-6-13-8/h5-7H,3-4H2,1-2H3. The Balaban J connectivity index is 2.50. The van der Waals surface area contributed by atoms with Gasteiger partial charge in [0.1, 0.15) is 5.69 Å². The predicted octanol–water partition coefficient (Wildman–Crippen LogP) is 0.603. The average molecular weight is 263 g/mol. The minimum absolute atomic E-state index is 0.0509. The van der Waals surface area contributed by atoms with Crippen molar-refractivity contribution in [2.75, 3.05) is 13.1 Å². The Morgan fingerprint density at radius 1 is 1.37 bits per heavy atom. The minimum Gasteiger partial charge on any atom is -0.324 e. The highest BCUT2D eigenvalue weighted by Crippen LogP contribution is 2.11. The van der Waals surface area contributed by atoms with Crippen LogP contribution in [0.5, 0.6) is 0 Å². The lowest BCUT2D eigenvalue weighted by molar-refractivity contribution is 0.203. The summed E-state index contributed by atoms with van der Waals surface area (Å²) in [7, 11) is 0. The third-order valence-corrected chi connectivity index (χ3v) is 2.62. The fourth-order valence-corrected chi connectivity index (χ4v) is 1.63. The van der Waals surface area contributed by atoms with E-state index in [9.17, 15) is 9.59 Å². The zero-order chi connectivity index (χ0) is 13.8. The lowest BCUT2D eigenvalue weighted by Gasteiger charge is -2.17. The van der Waals surface area contributed by atoms with Crippen molar-refractivity contribution >= 4 is 6.03 Å². The van der Waals surface area contributed by atoms with Crippen molar-refractivity contribution in [3.63, 3.8) is 0 Å². The Labute approximate surface area is 108 Å². The summed E-state index contributed by atoms with van der Waals surface area (Å²) in [5.41, 5.74) is 0.300. The summed E-state index contributed by atoms with van der Waals surface area (Å²) >= 11 is 0. The van der Waals surface area contributed by atoms with Crippen LogP contribution in [0.1, 0.15) is 13.8 Å². The van der Waals surface area contributed by atoms with Crippen molar-refractivity contribution in [2.45, 2.75) is 13.8 Å². The summed E-state index contributed by atoms with van der Waals surface area (Å²) in [5.74, 6) is -0.785. The maximum Gasteiger partial charge on any atom is 0.450 e. The average Bonchev–Trinajstić information content (AvgIpc) is 2.83. The number of nitrogens with zero attached hydrogens (tertiary/aromatic N) is 5. The van der Waals surface area contributed by atoms with Gasteiger partial charge in [-0.2, -0.15) is 4.57 Å². The van der Waals surface area contributed by atoms with E-state index in [1.54, 1.807) is 0 Å². The third kappa shape index (κ3) is 2.37. The molecule has 2 heterocycles. The lowest BCUT2D eigenvalue weighted by Crippen LogP contribution is -2.38. The van der Waals surface area contributed by atoms with Gasteiger partial charge in [0.05, 0.1) is 6.20 Å². The van der Waals surface area contributed by atoms with Crippen LogP contribution in [0.2, 0.25) is 0 Å². The molecule has 0 bridgehead atoms. The first-order valence-corrected chi connectivity index (χ1v) is 5.83. The number of carbonyl (C=O) groups is 1. The first-order valence-electron chi connectivity index (χ1n) is 5.83. The molecule has 2 aromatic heterocycles. The van der Waals surface area contributed by atoms with Gasteiger partial charge in [-0.05, 0) is 13.8 Å². The number of aromatic nitrogens is 4. The zero-order valence-corrected chi connectivity index (χ0v) is 10.6. The van der Waals surface area contributed by atoms with Crippen molar-refractivity contribution in [3.8, 4) is 11.5 Å². The molecule has 0 spiro atoms. The van der Waals surface area contributed by atoms with Gasteiger partial charge < -0.3 is 4.90 Å². The molecule has 0 atom stereocenters. The molecule has 100 valence electrons. The largest absolute Gasteiger partial charge is 0.450 e. The van der Waals surface area contributed by atoms with E-state index >= 15 is 0 Å². The Morgan fingerprint density at radius 2 is 2.11 bits per heavy atom. The van der Waals surface area contributed by atoms with E-state index in [2.05, 4.69) is 19.6 Å². The molecule has 0 aromatic carbocycles. The minimum atomic E-state index is -0.836. The van der Waals surface area contributed by atoms with Gasteiger partial charge in [0, 0.05) is 25.5 Å². The van der Waals surface area contributed by atoms with Crippen LogP contribution >= 0.6 is 0 Å². The van der Waals surface area contributed by atoms with E-state index in [1.165, 1.54) is 23.5 Å². The third-order valence-electron chi connectivity index (χ3n) is 2.62. The normalized spacial score (nSPS) is 10.4. The van der Waals surface area contributed by atoms with E-state index in [0.717, 1.165) is 4.57 Å². The summed E-state index contributed by atoms with van der Waals surface area (Å²) in [6, 6.07) is -0.489. The first kappa shape index (κ1) is 12.9. The summed E-state index contributed by atoms with van der Waals surface area (Å²) in [6.07, 6.45) is 4.34. The fourth-order valence-electron chi connectivity index (χ4n) is 1.63. The van der Waals surface area contributed by atoms with E-state index in [1.807, 2.05) is 13.8 Å². The molecule has 0 unspecified atom stereocenters. The van der Waals surface area contributed by atoms with Gasteiger partial charge in [-0.1, -0.05) is 5.16 Å². The van der Waals surface area contributed by atoms with Crippen LogP contribution < -0.4 is 5.76 Å². The molecule has 0 aliphatic rings. The molecule has 19 heavy (non-hydrogen) atoms. The zero-order valence-electron chi connectivity index (χ0n) is 10.6. The van der Waals surface area contributed by atoms with E-state index in [0.29, 0.717) is 18.8 Å². The second-order valence-electron chi connectivity index (χ2n) is 3.65. The van der Waals surface area contributed by atoms with Crippen molar-refractivity contribution in [2.24, 2.45) is 0 Å². The topological polar surface area (TPSA) is 94.1 Å². The molecule has 8 nitrogen and oxygen atoms in total. The summed E-state index contributed by atoms with van der Waals surface area (Å²) < 4.78 is 5.41. The monoisotopic (exact) mass is 263 g/mol. The van der Waals surface area contributed by atoms with E-state index in [4.69, 9.17) is 0 Å². The van der Waals surface area contributed by atoms with Gasteiger partial charge >= 0.3 is 11.8 Å². The lowest BCUT2D eigenvalue weighted by atomic mass is 10.4. The van der Waals surface area contributed by atoms with Crippen LogP contribution in [0.25, 0.3) is 11.5 Å². The van der Waals surface area contributed by atoms with Crippen LogP contribution in [0, 0.1) is 0 Å². The quantitative estimate of drug-likeness (QED) is 0.805. The Hall–Kier alpha value is -2.51. The Morgan fingerprint density at radius 3 is 2.68 bits per heavy atom. The molecule has 8 heteroatoms. The fraction of sp³-hybridized carbons (Fsp3) is 0.364. The molecule has 0 fully saturated rings. The molecule has 0 aliphatic carbocycles. The highest BCUT2D eigenvalue weighted by atomic mass is 16.5. The van der Waals surface area contributed by atoms with Crippen molar-refractivity contribution in [1.82, 2.24) is 24.6 Å². The second kappa shape index (κ2) is 5.42. The number of amides is 1. The van der Waals surface area contributed by atoms with Gasteiger partial charge in [-0.3, -0.25) is 9.51 Å². The number of rotatable bonds is 3. The maximum atomic E-state index is 12.2. The number of hydrogen-bond donors (Lipinski definition) is 0. The van der Waals surface area contributed by atoms with Crippen molar-refractivity contribution in [1.29, 1.82) is 0 Å². The van der Waals surface area contributed by atoms with Crippen LogP contribution in [-0.4, -0.2) is 43.7 Å². The summed E-state index contributed by atoms with van der Waals surface area (Å²) in [5, 5.41) is 3.58. The van der Waals surface area contributed by atoms with Gasteiger partial charge in [0.15, 0.2) is 0 Å². The van der Waals surface area contributed by atoms with Crippen LogP contribution in [0.3, 0.4) is 0 Å². The molecule has 0 N–H and O–H groups in total. The maximum absolute atomic E-state index is 12.2. The second-order valence-corrected chi connectivity index (χ2v) is 3.65. The molecular formula is C11H13N5O3. The molecule has 0 saturated carbocycles. The summed E-state index contributed by atoms with van der Waals surface area (Å²) in [4.78, 5) is 33.2. The first-order chi connectivity index (χ1) is 9.19. The molecular weight excluding hydrogens is 250 g/mol. The molecule has 2 rings (SSSR count). The highest BCUT2D eigenvalue weighted by molar-refractivity contribution is 5.80. The smallest absolute Gasteiger partial charge is 0.324 e. The molecule has 0 radical (unpaired) electrons. The Bertz CT molecular complexity index is 615. The van der Waals surface area contributed by atoms with Crippen LogP contribution in [0.15, 0.2) is 27.9 Å². The SMILES string of the molecule is CCN(CC)C(=O)n1c(-c2cnccn2)noc1=O. The van der Waals surface area contributed by atoms with Gasteiger partial charge in [-0.15, -0.1) is 0 Å². The van der Waals surface area contributed by atoms with Crippen molar-refractivity contribution < 1.29 is 9.32 Å². The van der Waals surface area contributed by atoms with Crippen LogP contribution in [0.4, 0.5) is 4.79 Å².